The van der Waals surface area contributed by atoms with Gasteiger partial charge in [-0.25, -0.2) is 0 Å². The average Bonchev–Trinajstić information content (AvgIpc) is 2.51. The molecule has 0 aliphatic rings. The Labute approximate surface area is 135 Å². The lowest BCUT2D eigenvalue weighted by Gasteiger charge is -2.09. The van der Waals surface area contributed by atoms with E-state index in [-0.39, 0.29) is 5.91 Å². The molecule has 0 aromatic heterocycles. The number of amides is 1. The van der Waals surface area contributed by atoms with Gasteiger partial charge in [0.2, 0.25) is 0 Å². The monoisotopic (exact) mass is 319 g/mol. The van der Waals surface area contributed by atoms with Crippen LogP contribution in [0.2, 0.25) is 5.02 Å². The first-order chi connectivity index (χ1) is 10.6. The number of hydrogen-bond donors (Lipinski definition) is 1. The number of carbonyl (C=O) groups excluding carboxylic acids is 1. The van der Waals surface area contributed by atoms with Crippen LogP contribution in [0.5, 0.6) is 11.5 Å². The highest BCUT2D eigenvalue weighted by atomic mass is 35.5. The van der Waals surface area contributed by atoms with Crippen LogP contribution in [0.3, 0.4) is 0 Å². The number of rotatable bonds is 6. The predicted molar refractivity (Wildman–Crippen MR) is 87.0 cm³/mol. The molecular weight excluding hydrogens is 302 g/mol. The van der Waals surface area contributed by atoms with Gasteiger partial charge in [0.1, 0.15) is 18.1 Å². The van der Waals surface area contributed by atoms with Crippen molar-refractivity contribution >= 4 is 17.5 Å². The minimum Gasteiger partial charge on any atom is -0.497 e. The molecule has 2 rings (SSSR count). The summed E-state index contributed by atoms with van der Waals surface area (Å²) in [6.45, 7) is 2.79. The Kier molecular flexibility index (Phi) is 5.67. The second-order valence-corrected chi connectivity index (χ2v) is 5.17. The van der Waals surface area contributed by atoms with Gasteiger partial charge in [0.15, 0.2) is 0 Å². The van der Waals surface area contributed by atoms with Gasteiger partial charge >= 0.3 is 0 Å². The predicted octanol–water partition coefficient (Wildman–Crippen LogP) is 3.47. The molecular formula is C17H18ClNO3. The Morgan fingerprint density at radius 3 is 2.68 bits per heavy atom. The fraction of sp³-hybridized carbons (Fsp3) is 0.235. The number of methoxy groups -OCH3 is 1. The van der Waals surface area contributed by atoms with Gasteiger partial charge in [-0.2, -0.15) is 0 Å². The van der Waals surface area contributed by atoms with Gasteiger partial charge in [0.25, 0.3) is 5.91 Å². The largest absolute Gasteiger partial charge is 0.497 e. The van der Waals surface area contributed by atoms with E-state index in [9.17, 15) is 4.79 Å². The fourth-order valence-corrected chi connectivity index (χ4v) is 2.20. The normalized spacial score (nSPS) is 10.1. The zero-order valence-corrected chi connectivity index (χ0v) is 13.3. The third-order valence-electron chi connectivity index (χ3n) is 3.07. The van der Waals surface area contributed by atoms with Crippen LogP contribution in [0, 0.1) is 6.92 Å². The zero-order valence-electron chi connectivity index (χ0n) is 12.6. The lowest BCUT2D eigenvalue weighted by molar-refractivity contribution is 0.0947. The smallest absolute Gasteiger partial charge is 0.252 e. The summed E-state index contributed by atoms with van der Waals surface area (Å²) < 4.78 is 10.6. The molecule has 0 unspecified atom stereocenters. The number of carbonyl (C=O) groups is 1. The van der Waals surface area contributed by atoms with Gasteiger partial charge in [0, 0.05) is 0 Å². The molecule has 0 saturated carbocycles. The summed E-state index contributed by atoms with van der Waals surface area (Å²) in [4.78, 5) is 12.0. The van der Waals surface area contributed by atoms with Crippen LogP contribution in [0.15, 0.2) is 42.5 Å². The molecule has 4 nitrogen and oxygen atoms in total. The second kappa shape index (κ2) is 7.71. The molecule has 2 aromatic carbocycles. The van der Waals surface area contributed by atoms with Gasteiger partial charge in [-0.3, -0.25) is 4.79 Å². The molecule has 0 aliphatic heterocycles. The average molecular weight is 320 g/mol. The molecule has 2 aromatic rings. The fourth-order valence-electron chi connectivity index (χ4n) is 1.94. The molecule has 0 fully saturated rings. The quantitative estimate of drug-likeness (QED) is 0.829. The molecule has 0 saturated heterocycles. The number of ether oxygens (including phenoxy) is 2. The van der Waals surface area contributed by atoms with Crippen molar-refractivity contribution in [3.8, 4) is 11.5 Å². The summed E-state index contributed by atoms with van der Waals surface area (Å²) in [6.07, 6.45) is 0. The van der Waals surface area contributed by atoms with Gasteiger partial charge in [-0.05, 0) is 42.8 Å². The number of aryl methyl sites for hydroxylation is 1. The van der Waals surface area contributed by atoms with E-state index >= 15 is 0 Å². The van der Waals surface area contributed by atoms with E-state index in [2.05, 4.69) is 5.32 Å². The number of halogens is 1. The lowest BCUT2D eigenvalue weighted by Crippen LogP contribution is -2.28. The van der Waals surface area contributed by atoms with Crippen LogP contribution in [0.4, 0.5) is 0 Å². The number of nitrogens with one attached hydrogen (secondary N) is 1. The standard InChI is InChI=1S/C17H18ClNO3/c1-12-4-3-5-14(10-12)22-9-8-19-17(20)15-7-6-13(21-2)11-16(15)18/h3-7,10-11H,8-9H2,1-2H3,(H,19,20). The van der Waals surface area contributed by atoms with Crippen LogP contribution in [0.1, 0.15) is 15.9 Å². The van der Waals surface area contributed by atoms with Crippen molar-refractivity contribution in [1.82, 2.24) is 5.32 Å². The van der Waals surface area contributed by atoms with Gasteiger partial charge in [-0.15, -0.1) is 0 Å². The second-order valence-electron chi connectivity index (χ2n) is 4.77. The summed E-state index contributed by atoms with van der Waals surface area (Å²) >= 11 is 6.06. The summed E-state index contributed by atoms with van der Waals surface area (Å²) in [6, 6.07) is 12.7. The van der Waals surface area contributed by atoms with Crippen molar-refractivity contribution in [3.63, 3.8) is 0 Å². The van der Waals surface area contributed by atoms with Crippen LogP contribution >= 0.6 is 11.6 Å². The zero-order chi connectivity index (χ0) is 15.9. The Hall–Kier alpha value is -2.20. The topological polar surface area (TPSA) is 47.6 Å². The Morgan fingerprint density at radius 1 is 1.18 bits per heavy atom. The van der Waals surface area contributed by atoms with Crippen molar-refractivity contribution in [2.45, 2.75) is 6.92 Å². The van der Waals surface area contributed by atoms with Crippen molar-refractivity contribution in [2.24, 2.45) is 0 Å². The van der Waals surface area contributed by atoms with E-state index in [1.54, 1.807) is 25.3 Å². The maximum absolute atomic E-state index is 12.0. The number of benzene rings is 2. The molecule has 0 radical (unpaired) electrons. The Morgan fingerprint density at radius 2 is 2.00 bits per heavy atom. The third kappa shape index (κ3) is 4.40. The van der Waals surface area contributed by atoms with E-state index in [1.165, 1.54) is 0 Å². The molecule has 22 heavy (non-hydrogen) atoms. The summed E-state index contributed by atoms with van der Waals surface area (Å²) in [5.74, 6) is 1.17. The SMILES string of the molecule is COc1ccc(C(=O)NCCOc2cccc(C)c2)c(Cl)c1. The molecule has 1 amide bonds. The molecule has 0 heterocycles. The molecule has 1 N–H and O–H groups in total. The Bertz CT molecular complexity index is 658. The number of hydrogen-bond acceptors (Lipinski definition) is 3. The van der Waals surface area contributed by atoms with Gasteiger partial charge in [-0.1, -0.05) is 23.7 Å². The van der Waals surface area contributed by atoms with Gasteiger partial charge < -0.3 is 14.8 Å². The van der Waals surface area contributed by atoms with E-state index in [1.807, 2.05) is 31.2 Å². The first-order valence-electron chi connectivity index (χ1n) is 6.91. The first-order valence-corrected chi connectivity index (χ1v) is 7.29. The summed E-state index contributed by atoms with van der Waals surface area (Å²) in [7, 11) is 1.55. The van der Waals surface area contributed by atoms with Crippen molar-refractivity contribution < 1.29 is 14.3 Å². The maximum atomic E-state index is 12.0. The third-order valence-corrected chi connectivity index (χ3v) is 3.38. The molecule has 5 heteroatoms. The van der Waals surface area contributed by atoms with Crippen LogP contribution in [-0.4, -0.2) is 26.2 Å². The van der Waals surface area contributed by atoms with Crippen molar-refractivity contribution in [1.29, 1.82) is 0 Å². The van der Waals surface area contributed by atoms with Crippen LogP contribution < -0.4 is 14.8 Å². The van der Waals surface area contributed by atoms with Crippen molar-refractivity contribution in [2.75, 3.05) is 20.3 Å². The highest BCUT2D eigenvalue weighted by molar-refractivity contribution is 6.34. The molecule has 0 aliphatic carbocycles. The molecule has 0 bridgehead atoms. The van der Waals surface area contributed by atoms with Crippen molar-refractivity contribution in [3.05, 3.63) is 58.6 Å². The molecule has 0 atom stereocenters. The highest BCUT2D eigenvalue weighted by Crippen LogP contribution is 2.22. The van der Waals surface area contributed by atoms with E-state index < -0.39 is 0 Å². The lowest BCUT2D eigenvalue weighted by atomic mass is 10.2. The maximum Gasteiger partial charge on any atom is 0.252 e. The van der Waals surface area contributed by atoms with Crippen LogP contribution in [0.25, 0.3) is 0 Å². The Balaban J connectivity index is 1.83. The van der Waals surface area contributed by atoms with E-state index in [0.29, 0.717) is 29.5 Å². The van der Waals surface area contributed by atoms with Gasteiger partial charge in [0.05, 0.1) is 24.2 Å². The minimum atomic E-state index is -0.236. The summed E-state index contributed by atoms with van der Waals surface area (Å²) in [5, 5.41) is 3.13. The van der Waals surface area contributed by atoms with Crippen LogP contribution in [-0.2, 0) is 0 Å². The highest BCUT2D eigenvalue weighted by Gasteiger charge is 2.10. The first kappa shape index (κ1) is 16.2. The molecule has 116 valence electrons. The van der Waals surface area contributed by atoms with E-state index in [0.717, 1.165) is 11.3 Å². The minimum absolute atomic E-state index is 0.236. The van der Waals surface area contributed by atoms with E-state index in [4.69, 9.17) is 21.1 Å². The molecule has 0 spiro atoms. The summed E-state index contributed by atoms with van der Waals surface area (Å²) in [5.41, 5.74) is 1.55.